The third-order valence-corrected chi connectivity index (χ3v) is 2.92. The average molecular weight is 224 g/mol. The highest BCUT2D eigenvalue weighted by Gasteiger charge is 2.34. The summed E-state index contributed by atoms with van der Waals surface area (Å²) in [7, 11) is 0. The van der Waals surface area contributed by atoms with Crippen LogP contribution in [0, 0.1) is 11.8 Å². The lowest BCUT2D eigenvalue weighted by atomic mass is 9.88. The standard InChI is InChI=1S/C12H20N2O2/c1-3-5-9(6-13-4-2)10-7-14-8-11(10)12(15)16/h3,5,10-11,13-14H,1,4,6-8H2,2H3,(H,15,16)/b9-5+. The summed E-state index contributed by atoms with van der Waals surface area (Å²) in [5.41, 5.74) is 1.12. The van der Waals surface area contributed by atoms with Crippen molar-refractivity contribution in [2.24, 2.45) is 11.8 Å². The van der Waals surface area contributed by atoms with Crippen LogP contribution in [-0.4, -0.2) is 37.3 Å². The van der Waals surface area contributed by atoms with Crippen LogP contribution in [0.1, 0.15) is 6.92 Å². The zero-order valence-corrected chi connectivity index (χ0v) is 9.70. The second-order valence-electron chi connectivity index (χ2n) is 3.97. The van der Waals surface area contributed by atoms with Crippen molar-refractivity contribution in [1.29, 1.82) is 0 Å². The molecular weight excluding hydrogens is 204 g/mol. The molecule has 1 fully saturated rings. The number of nitrogens with one attached hydrogen (secondary N) is 2. The number of hydrogen-bond acceptors (Lipinski definition) is 3. The van der Waals surface area contributed by atoms with Crippen molar-refractivity contribution in [3.63, 3.8) is 0 Å². The third-order valence-electron chi connectivity index (χ3n) is 2.92. The highest BCUT2D eigenvalue weighted by Crippen LogP contribution is 2.24. The molecule has 4 nitrogen and oxygen atoms in total. The Bertz CT molecular complexity index is 287. The molecule has 0 radical (unpaired) electrons. The summed E-state index contributed by atoms with van der Waals surface area (Å²) in [6.45, 7) is 8.62. The van der Waals surface area contributed by atoms with Crippen LogP contribution in [0.5, 0.6) is 0 Å². The van der Waals surface area contributed by atoms with Gasteiger partial charge in [-0.05, 0) is 6.54 Å². The molecular formula is C12H20N2O2. The van der Waals surface area contributed by atoms with Crippen LogP contribution in [0.3, 0.4) is 0 Å². The van der Waals surface area contributed by atoms with Crippen LogP contribution in [0.2, 0.25) is 0 Å². The molecule has 1 heterocycles. The van der Waals surface area contributed by atoms with Crippen LogP contribution in [-0.2, 0) is 4.79 Å². The quantitative estimate of drug-likeness (QED) is 0.579. The molecule has 0 amide bonds. The molecule has 1 saturated heterocycles. The van der Waals surface area contributed by atoms with Gasteiger partial charge in [-0.15, -0.1) is 0 Å². The van der Waals surface area contributed by atoms with E-state index in [2.05, 4.69) is 17.2 Å². The molecule has 0 spiro atoms. The van der Waals surface area contributed by atoms with Gasteiger partial charge in [-0.3, -0.25) is 4.79 Å². The van der Waals surface area contributed by atoms with Gasteiger partial charge in [0, 0.05) is 25.6 Å². The zero-order chi connectivity index (χ0) is 12.0. The van der Waals surface area contributed by atoms with E-state index in [-0.39, 0.29) is 11.8 Å². The largest absolute Gasteiger partial charge is 0.481 e. The summed E-state index contributed by atoms with van der Waals surface area (Å²) >= 11 is 0. The van der Waals surface area contributed by atoms with Crippen molar-refractivity contribution in [2.75, 3.05) is 26.2 Å². The normalized spacial score (nSPS) is 25.7. The molecule has 0 bridgehead atoms. The summed E-state index contributed by atoms with van der Waals surface area (Å²) in [5, 5.41) is 15.5. The number of hydrogen-bond donors (Lipinski definition) is 3. The Hall–Kier alpha value is -1.13. The second-order valence-corrected chi connectivity index (χ2v) is 3.97. The van der Waals surface area contributed by atoms with Crippen LogP contribution in [0.25, 0.3) is 0 Å². The van der Waals surface area contributed by atoms with Crippen molar-refractivity contribution in [3.8, 4) is 0 Å². The van der Waals surface area contributed by atoms with Gasteiger partial charge in [0.05, 0.1) is 5.92 Å². The van der Waals surface area contributed by atoms with Gasteiger partial charge in [0.2, 0.25) is 0 Å². The maximum absolute atomic E-state index is 11.1. The number of allylic oxidation sites excluding steroid dienone is 2. The van der Waals surface area contributed by atoms with Gasteiger partial charge < -0.3 is 15.7 Å². The summed E-state index contributed by atoms with van der Waals surface area (Å²) in [6, 6.07) is 0. The number of carboxylic acids is 1. The van der Waals surface area contributed by atoms with Crippen molar-refractivity contribution in [1.82, 2.24) is 10.6 Å². The summed E-state index contributed by atoms with van der Waals surface area (Å²) < 4.78 is 0. The van der Waals surface area contributed by atoms with Gasteiger partial charge in [-0.25, -0.2) is 0 Å². The molecule has 2 unspecified atom stereocenters. The van der Waals surface area contributed by atoms with Crippen LogP contribution >= 0.6 is 0 Å². The average Bonchev–Trinajstić information content (AvgIpc) is 2.73. The lowest BCUT2D eigenvalue weighted by molar-refractivity contribution is -0.141. The van der Waals surface area contributed by atoms with E-state index >= 15 is 0 Å². The monoisotopic (exact) mass is 224 g/mol. The predicted molar refractivity (Wildman–Crippen MR) is 64.3 cm³/mol. The molecule has 2 atom stereocenters. The molecule has 4 heteroatoms. The van der Waals surface area contributed by atoms with Gasteiger partial charge in [0.1, 0.15) is 0 Å². The summed E-state index contributed by atoms with van der Waals surface area (Å²) in [6.07, 6.45) is 3.65. The number of carbonyl (C=O) groups is 1. The molecule has 1 rings (SSSR count). The minimum atomic E-state index is -0.721. The van der Waals surface area contributed by atoms with Crippen LogP contribution in [0.4, 0.5) is 0 Å². The molecule has 3 N–H and O–H groups in total. The Morgan fingerprint density at radius 3 is 2.81 bits per heavy atom. The van der Waals surface area contributed by atoms with Crippen LogP contribution in [0.15, 0.2) is 24.3 Å². The van der Waals surface area contributed by atoms with Gasteiger partial charge in [-0.2, -0.15) is 0 Å². The minimum Gasteiger partial charge on any atom is -0.481 e. The molecule has 0 aliphatic carbocycles. The molecule has 1 aliphatic heterocycles. The van der Waals surface area contributed by atoms with Gasteiger partial charge in [0.25, 0.3) is 0 Å². The molecule has 0 aromatic heterocycles. The van der Waals surface area contributed by atoms with Gasteiger partial charge in [0.15, 0.2) is 0 Å². The first-order valence-electron chi connectivity index (χ1n) is 5.66. The lowest BCUT2D eigenvalue weighted by Gasteiger charge is -2.18. The van der Waals surface area contributed by atoms with E-state index in [9.17, 15) is 4.79 Å². The molecule has 0 aromatic rings. The SMILES string of the molecule is C=C/C=C(\CNCC)C1CNCC1C(=O)O. The molecule has 0 aromatic carbocycles. The number of carboxylic acid groups (broad SMARTS) is 1. The fraction of sp³-hybridized carbons (Fsp3) is 0.583. The maximum atomic E-state index is 11.1. The van der Waals surface area contributed by atoms with E-state index in [0.29, 0.717) is 6.54 Å². The van der Waals surface area contributed by atoms with Crippen molar-refractivity contribution in [3.05, 3.63) is 24.3 Å². The first kappa shape index (κ1) is 12.9. The topological polar surface area (TPSA) is 61.4 Å². The van der Waals surface area contributed by atoms with E-state index in [1.165, 1.54) is 0 Å². The lowest BCUT2D eigenvalue weighted by Crippen LogP contribution is -2.28. The van der Waals surface area contributed by atoms with E-state index in [1.54, 1.807) is 6.08 Å². The first-order valence-corrected chi connectivity index (χ1v) is 5.66. The molecule has 90 valence electrons. The molecule has 1 aliphatic rings. The summed E-state index contributed by atoms with van der Waals surface area (Å²) in [5.74, 6) is -0.958. The van der Waals surface area contributed by atoms with E-state index in [4.69, 9.17) is 5.11 Å². The first-order chi connectivity index (χ1) is 7.70. The number of likely N-dealkylation sites (N-methyl/N-ethyl adjacent to an activating group) is 1. The second kappa shape index (κ2) is 6.45. The number of rotatable bonds is 6. The Morgan fingerprint density at radius 2 is 2.25 bits per heavy atom. The zero-order valence-electron chi connectivity index (χ0n) is 9.70. The Labute approximate surface area is 96.4 Å². The predicted octanol–water partition coefficient (Wildman–Crippen LogP) is 0.628. The number of aliphatic carboxylic acids is 1. The van der Waals surface area contributed by atoms with E-state index in [1.807, 2.05) is 13.0 Å². The minimum absolute atomic E-state index is 0.0783. The molecule has 0 saturated carbocycles. The van der Waals surface area contributed by atoms with Crippen molar-refractivity contribution < 1.29 is 9.90 Å². The van der Waals surface area contributed by atoms with E-state index in [0.717, 1.165) is 25.2 Å². The van der Waals surface area contributed by atoms with E-state index < -0.39 is 5.97 Å². The summed E-state index contributed by atoms with van der Waals surface area (Å²) in [4.78, 5) is 11.1. The fourth-order valence-electron chi connectivity index (χ4n) is 2.06. The van der Waals surface area contributed by atoms with Gasteiger partial charge >= 0.3 is 5.97 Å². The highest BCUT2D eigenvalue weighted by molar-refractivity contribution is 5.71. The fourth-order valence-corrected chi connectivity index (χ4v) is 2.06. The highest BCUT2D eigenvalue weighted by atomic mass is 16.4. The van der Waals surface area contributed by atoms with Gasteiger partial charge in [-0.1, -0.05) is 31.2 Å². The Kier molecular flexibility index (Phi) is 5.22. The van der Waals surface area contributed by atoms with Crippen molar-refractivity contribution in [2.45, 2.75) is 6.92 Å². The molecule has 16 heavy (non-hydrogen) atoms. The smallest absolute Gasteiger partial charge is 0.308 e. The van der Waals surface area contributed by atoms with Crippen molar-refractivity contribution >= 4 is 5.97 Å². The Balaban J connectivity index is 2.73. The third kappa shape index (κ3) is 3.18. The maximum Gasteiger partial charge on any atom is 0.308 e. The Morgan fingerprint density at radius 1 is 1.56 bits per heavy atom. The van der Waals surface area contributed by atoms with Crippen LogP contribution < -0.4 is 10.6 Å².